The summed E-state index contributed by atoms with van der Waals surface area (Å²) in [5, 5.41) is 12.0. The van der Waals surface area contributed by atoms with Crippen molar-refractivity contribution < 1.29 is 4.79 Å². The highest BCUT2D eigenvalue weighted by molar-refractivity contribution is 5.89. The number of hydrogen-bond donors (Lipinski definition) is 1. The molecule has 1 saturated heterocycles. The number of nitrogens with one attached hydrogen (secondary N) is 1. The van der Waals surface area contributed by atoms with Gasteiger partial charge in [-0.05, 0) is 41.3 Å². The van der Waals surface area contributed by atoms with Gasteiger partial charge in [0, 0.05) is 37.6 Å². The maximum Gasteiger partial charge on any atom is 0.321 e. The molecule has 1 fully saturated rings. The molecular weight excluding hydrogens is 336 g/mol. The zero-order chi connectivity index (χ0) is 19.4. The van der Waals surface area contributed by atoms with Crippen LogP contribution in [0.1, 0.15) is 31.9 Å². The molecule has 2 aromatic carbocycles. The van der Waals surface area contributed by atoms with Crippen molar-refractivity contribution in [3.05, 3.63) is 59.7 Å². The van der Waals surface area contributed by atoms with Crippen LogP contribution in [0.4, 0.5) is 16.2 Å². The van der Waals surface area contributed by atoms with E-state index < -0.39 is 0 Å². The highest BCUT2D eigenvalue weighted by atomic mass is 16.2. The third kappa shape index (κ3) is 4.59. The van der Waals surface area contributed by atoms with Crippen molar-refractivity contribution in [1.29, 1.82) is 5.26 Å². The summed E-state index contributed by atoms with van der Waals surface area (Å²) in [4.78, 5) is 16.6. The summed E-state index contributed by atoms with van der Waals surface area (Å²) in [6, 6.07) is 17.8. The Bertz CT molecular complexity index is 838. The number of nitriles is 1. The largest absolute Gasteiger partial charge is 0.368 e. The molecule has 0 aliphatic carbocycles. The van der Waals surface area contributed by atoms with E-state index in [0.29, 0.717) is 18.7 Å². The van der Waals surface area contributed by atoms with Gasteiger partial charge in [-0.15, -0.1) is 0 Å². The van der Waals surface area contributed by atoms with E-state index in [-0.39, 0.29) is 11.4 Å². The number of urea groups is 1. The zero-order valence-electron chi connectivity index (χ0n) is 16.2. The lowest BCUT2D eigenvalue weighted by Gasteiger charge is -2.36. The molecule has 0 aromatic heterocycles. The summed E-state index contributed by atoms with van der Waals surface area (Å²) < 4.78 is 0. The Kier molecular flexibility index (Phi) is 5.36. The standard InChI is InChI=1S/C22H26N4O/c1-22(2,3)18-7-9-19(10-8-18)24-21(27)26-13-11-25(12-14-26)20-6-4-5-17(15-20)16-23/h4-10,15H,11-14H2,1-3H3,(H,24,27). The van der Waals surface area contributed by atoms with E-state index in [0.717, 1.165) is 24.5 Å². The Morgan fingerprint density at radius 2 is 1.70 bits per heavy atom. The summed E-state index contributed by atoms with van der Waals surface area (Å²) in [5.74, 6) is 0. The van der Waals surface area contributed by atoms with Gasteiger partial charge in [0.25, 0.3) is 0 Å². The molecule has 0 spiro atoms. The second kappa shape index (κ2) is 7.71. The molecule has 3 rings (SSSR count). The molecule has 5 heteroatoms. The lowest BCUT2D eigenvalue weighted by atomic mass is 9.87. The number of carbonyl (C=O) groups excluding carboxylic acids is 1. The molecule has 27 heavy (non-hydrogen) atoms. The van der Waals surface area contributed by atoms with E-state index in [1.54, 1.807) is 6.07 Å². The van der Waals surface area contributed by atoms with Crippen LogP contribution in [-0.4, -0.2) is 37.1 Å². The fraction of sp³-hybridized carbons (Fsp3) is 0.364. The normalized spacial score (nSPS) is 14.6. The number of carbonyl (C=O) groups is 1. The molecule has 5 nitrogen and oxygen atoms in total. The Hall–Kier alpha value is -3.00. The monoisotopic (exact) mass is 362 g/mol. The van der Waals surface area contributed by atoms with Crippen LogP contribution >= 0.6 is 0 Å². The number of benzene rings is 2. The molecular formula is C22H26N4O. The average Bonchev–Trinajstić information content (AvgIpc) is 2.68. The van der Waals surface area contributed by atoms with Gasteiger partial charge in [0.2, 0.25) is 0 Å². The Labute approximate surface area is 161 Å². The number of amides is 2. The van der Waals surface area contributed by atoms with Gasteiger partial charge < -0.3 is 15.1 Å². The van der Waals surface area contributed by atoms with Gasteiger partial charge in [0.1, 0.15) is 0 Å². The Balaban J connectivity index is 1.56. The van der Waals surface area contributed by atoms with Crippen molar-refractivity contribution in [3.8, 4) is 6.07 Å². The second-order valence-electron chi connectivity index (χ2n) is 7.89. The van der Waals surface area contributed by atoms with Crippen LogP contribution in [-0.2, 0) is 5.41 Å². The lowest BCUT2D eigenvalue weighted by molar-refractivity contribution is 0.208. The average molecular weight is 362 g/mol. The summed E-state index contributed by atoms with van der Waals surface area (Å²) >= 11 is 0. The molecule has 2 aromatic rings. The number of anilines is 2. The van der Waals surface area contributed by atoms with Gasteiger partial charge in [-0.3, -0.25) is 0 Å². The first kappa shape index (κ1) is 18.8. The van der Waals surface area contributed by atoms with Crippen molar-refractivity contribution in [2.24, 2.45) is 0 Å². The highest BCUT2D eigenvalue weighted by Gasteiger charge is 2.21. The van der Waals surface area contributed by atoms with Crippen LogP contribution < -0.4 is 10.2 Å². The number of hydrogen-bond acceptors (Lipinski definition) is 3. The summed E-state index contributed by atoms with van der Waals surface area (Å²) in [5.41, 5.74) is 3.85. The summed E-state index contributed by atoms with van der Waals surface area (Å²) in [7, 11) is 0. The first-order valence-corrected chi connectivity index (χ1v) is 9.28. The molecule has 140 valence electrons. The smallest absolute Gasteiger partial charge is 0.321 e. The number of piperazine rings is 1. The van der Waals surface area contributed by atoms with Crippen molar-refractivity contribution in [2.75, 3.05) is 36.4 Å². The quantitative estimate of drug-likeness (QED) is 0.870. The SMILES string of the molecule is CC(C)(C)c1ccc(NC(=O)N2CCN(c3cccc(C#N)c3)CC2)cc1. The predicted molar refractivity (Wildman–Crippen MR) is 109 cm³/mol. The van der Waals surface area contributed by atoms with E-state index >= 15 is 0 Å². The lowest BCUT2D eigenvalue weighted by Crippen LogP contribution is -2.50. The molecule has 1 heterocycles. The van der Waals surface area contributed by atoms with E-state index in [1.807, 2.05) is 35.2 Å². The topological polar surface area (TPSA) is 59.4 Å². The van der Waals surface area contributed by atoms with Crippen molar-refractivity contribution in [2.45, 2.75) is 26.2 Å². The minimum atomic E-state index is -0.0658. The molecule has 1 aliphatic heterocycles. The Morgan fingerprint density at radius 1 is 1.04 bits per heavy atom. The van der Waals surface area contributed by atoms with Gasteiger partial charge in [-0.2, -0.15) is 5.26 Å². The summed E-state index contributed by atoms with van der Waals surface area (Å²) in [6.07, 6.45) is 0. The van der Waals surface area contributed by atoms with Gasteiger partial charge in [0.15, 0.2) is 0 Å². The minimum Gasteiger partial charge on any atom is -0.368 e. The molecule has 0 bridgehead atoms. The number of nitrogens with zero attached hydrogens (tertiary/aromatic N) is 3. The second-order valence-corrected chi connectivity index (χ2v) is 7.89. The third-order valence-electron chi connectivity index (χ3n) is 4.91. The first-order valence-electron chi connectivity index (χ1n) is 9.28. The van der Waals surface area contributed by atoms with Crippen LogP contribution in [0, 0.1) is 11.3 Å². The van der Waals surface area contributed by atoms with Crippen LogP contribution in [0.2, 0.25) is 0 Å². The van der Waals surface area contributed by atoms with Crippen LogP contribution in [0.25, 0.3) is 0 Å². The third-order valence-corrected chi connectivity index (χ3v) is 4.91. The molecule has 0 radical (unpaired) electrons. The minimum absolute atomic E-state index is 0.0658. The Morgan fingerprint density at radius 3 is 2.30 bits per heavy atom. The molecule has 0 unspecified atom stereocenters. The van der Waals surface area contributed by atoms with Crippen molar-refractivity contribution in [1.82, 2.24) is 4.90 Å². The first-order chi connectivity index (χ1) is 12.9. The van der Waals surface area contributed by atoms with Gasteiger partial charge >= 0.3 is 6.03 Å². The van der Waals surface area contributed by atoms with E-state index in [9.17, 15) is 4.79 Å². The van der Waals surface area contributed by atoms with Crippen LogP contribution in [0.15, 0.2) is 48.5 Å². The fourth-order valence-corrected chi connectivity index (χ4v) is 3.20. The highest BCUT2D eigenvalue weighted by Crippen LogP contribution is 2.24. The van der Waals surface area contributed by atoms with Gasteiger partial charge in [0.05, 0.1) is 11.6 Å². The number of rotatable bonds is 2. The van der Waals surface area contributed by atoms with Crippen LogP contribution in [0.5, 0.6) is 0 Å². The maximum atomic E-state index is 12.5. The van der Waals surface area contributed by atoms with Crippen molar-refractivity contribution in [3.63, 3.8) is 0 Å². The summed E-state index contributed by atoms with van der Waals surface area (Å²) in [6.45, 7) is 9.34. The molecule has 1 aliphatic rings. The molecule has 2 amide bonds. The molecule has 1 N–H and O–H groups in total. The predicted octanol–water partition coefficient (Wildman–Crippen LogP) is 4.21. The van der Waals surface area contributed by atoms with E-state index in [2.05, 4.69) is 49.2 Å². The maximum absolute atomic E-state index is 12.5. The van der Waals surface area contributed by atoms with Crippen LogP contribution in [0.3, 0.4) is 0 Å². The van der Waals surface area contributed by atoms with E-state index in [4.69, 9.17) is 5.26 Å². The van der Waals surface area contributed by atoms with Gasteiger partial charge in [-0.25, -0.2) is 4.79 Å². The molecule has 0 atom stereocenters. The molecule has 0 saturated carbocycles. The van der Waals surface area contributed by atoms with Crippen molar-refractivity contribution >= 4 is 17.4 Å². The fourth-order valence-electron chi connectivity index (χ4n) is 3.20. The zero-order valence-corrected chi connectivity index (χ0v) is 16.2. The van der Waals surface area contributed by atoms with E-state index in [1.165, 1.54) is 5.56 Å². The van der Waals surface area contributed by atoms with Gasteiger partial charge in [-0.1, -0.05) is 39.0 Å².